The monoisotopic (exact) mass is 324 g/mol. The third-order valence-electron chi connectivity index (χ3n) is 4.72. The van der Waals surface area contributed by atoms with E-state index in [-0.39, 0.29) is 6.10 Å². The van der Waals surface area contributed by atoms with Gasteiger partial charge in [0.25, 0.3) is 0 Å². The number of benzene rings is 2. The summed E-state index contributed by atoms with van der Waals surface area (Å²) in [5, 5.41) is 3.40. The molecule has 4 heteroatoms. The molecule has 126 valence electrons. The van der Waals surface area contributed by atoms with E-state index in [1.165, 1.54) is 11.3 Å². The van der Waals surface area contributed by atoms with Gasteiger partial charge in [0.1, 0.15) is 12.7 Å². The van der Waals surface area contributed by atoms with E-state index in [0.717, 1.165) is 50.5 Å². The summed E-state index contributed by atoms with van der Waals surface area (Å²) in [6, 6.07) is 16.8. The Hall–Kier alpha value is -2.20. The highest BCUT2D eigenvalue weighted by Gasteiger charge is 2.20. The summed E-state index contributed by atoms with van der Waals surface area (Å²) in [5.41, 5.74) is 2.70. The molecule has 2 heterocycles. The highest BCUT2D eigenvalue weighted by molar-refractivity contribution is 5.49. The lowest BCUT2D eigenvalue weighted by atomic mass is 10.1. The number of rotatable bonds is 4. The van der Waals surface area contributed by atoms with Gasteiger partial charge in [-0.15, -0.1) is 0 Å². The van der Waals surface area contributed by atoms with Gasteiger partial charge in [0.2, 0.25) is 0 Å². The Morgan fingerprint density at radius 1 is 1.00 bits per heavy atom. The van der Waals surface area contributed by atoms with Gasteiger partial charge in [0, 0.05) is 31.9 Å². The molecule has 4 rings (SSSR count). The van der Waals surface area contributed by atoms with Crippen LogP contribution in [0.25, 0.3) is 0 Å². The fraction of sp³-hybridized carbons (Fsp3) is 0.400. The second-order valence-corrected chi connectivity index (χ2v) is 6.44. The molecule has 0 unspecified atom stereocenters. The molecular weight excluding hydrogens is 300 g/mol. The summed E-state index contributed by atoms with van der Waals surface area (Å²) >= 11 is 0. The Balaban J connectivity index is 1.36. The van der Waals surface area contributed by atoms with Crippen LogP contribution in [0.5, 0.6) is 11.5 Å². The summed E-state index contributed by atoms with van der Waals surface area (Å²) in [5.74, 6) is 1.72. The molecule has 0 aliphatic carbocycles. The minimum Gasteiger partial charge on any atom is -0.486 e. The summed E-state index contributed by atoms with van der Waals surface area (Å²) in [6.45, 7) is 4.93. The van der Waals surface area contributed by atoms with E-state index in [2.05, 4.69) is 34.5 Å². The number of hydrogen-bond donors (Lipinski definition) is 1. The van der Waals surface area contributed by atoms with Crippen LogP contribution >= 0.6 is 0 Å². The fourth-order valence-corrected chi connectivity index (χ4v) is 3.36. The lowest BCUT2D eigenvalue weighted by Crippen LogP contribution is -2.43. The minimum atomic E-state index is 0.128. The maximum absolute atomic E-state index is 6.06. The number of fused-ring (bicyclic) bond motifs is 1. The second-order valence-electron chi connectivity index (χ2n) is 6.44. The molecule has 0 bridgehead atoms. The Kier molecular flexibility index (Phi) is 4.56. The Bertz CT molecular complexity index is 683. The second kappa shape index (κ2) is 7.14. The molecule has 1 N–H and O–H groups in total. The molecular formula is C20H24N2O2. The van der Waals surface area contributed by atoms with Gasteiger partial charge in [0.05, 0.1) is 0 Å². The van der Waals surface area contributed by atoms with Gasteiger partial charge >= 0.3 is 0 Å². The lowest BCUT2D eigenvalue weighted by Gasteiger charge is -2.30. The predicted molar refractivity (Wildman–Crippen MR) is 96.2 cm³/mol. The molecule has 0 radical (unpaired) electrons. The van der Waals surface area contributed by atoms with E-state index in [0.29, 0.717) is 6.61 Å². The molecule has 2 aromatic rings. The van der Waals surface area contributed by atoms with Crippen molar-refractivity contribution >= 4 is 5.69 Å². The third-order valence-corrected chi connectivity index (χ3v) is 4.72. The van der Waals surface area contributed by atoms with E-state index in [1.54, 1.807) is 0 Å². The van der Waals surface area contributed by atoms with Crippen LogP contribution < -0.4 is 19.7 Å². The normalized spacial score (nSPS) is 20.0. The van der Waals surface area contributed by atoms with Gasteiger partial charge in [-0.2, -0.15) is 0 Å². The average molecular weight is 324 g/mol. The van der Waals surface area contributed by atoms with E-state index in [4.69, 9.17) is 9.47 Å². The first-order valence-corrected chi connectivity index (χ1v) is 8.81. The van der Waals surface area contributed by atoms with Crippen molar-refractivity contribution in [3.8, 4) is 11.5 Å². The predicted octanol–water partition coefficient (Wildman–Crippen LogP) is 2.87. The van der Waals surface area contributed by atoms with Crippen LogP contribution in [0, 0.1) is 0 Å². The molecule has 24 heavy (non-hydrogen) atoms. The maximum atomic E-state index is 6.06. The molecule has 0 aromatic heterocycles. The quantitative estimate of drug-likeness (QED) is 0.938. The van der Waals surface area contributed by atoms with Crippen LogP contribution in [-0.4, -0.2) is 38.9 Å². The minimum absolute atomic E-state index is 0.128. The number of nitrogens with one attached hydrogen (secondary N) is 1. The van der Waals surface area contributed by atoms with E-state index >= 15 is 0 Å². The van der Waals surface area contributed by atoms with Crippen molar-refractivity contribution in [1.29, 1.82) is 0 Å². The Morgan fingerprint density at radius 3 is 2.71 bits per heavy atom. The first kappa shape index (κ1) is 15.3. The van der Waals surface area contributed by atoms with Crippen molar-refractivity contribution < 1.29 is 9.47 Å². The zero-order valence-corrected chi connectivity index (χ0v) is 13.9. The zero-order chi connectivity index (χ0) is 16.2. The van der Waals surface area contributed by atoms with Crippen molar-refractivity contribution in [2.75, 3.05) is 37.7 Å². The molecule has 1 saturated heterocycles. The van der Waals surface area contributed by atoms with Crippen LogP contribution in [0.15, 0.2) is 48.5 Å². The van der Waals surface area contributed by atoms with Gasteiger partial charge in [-0.1, -0.05) is 24.3 Å². The van der Waals surface area contributed by atoms with Gasteiger partial charge in [-0.05, 0) is 42.7 Å². The van der Waals surface area contributed by atoms with Crippen LogP contribution in [0.4, 0.5) is 5.69 Å². The van der Waals surface area contributed by atoms with Crippen molar-refractivity contribution in [3.63, 3.8) is 0 Å². The number of anilines is 1. The van der Waals surface area contributed by atoms with Crippen LogP contribution in [0.3, 0.4) is 0 Å². The van der Waals surface area contributed by atoms with Gasteiger partial charge in [0.15, 0.2) is 11.5 Å². The number of ether oxygens (including phenoxy) is 2. The number of para-hydroxylation sites is 2. The highest BCUT2D eigenvalue weighted by Crippen LogP contribution is 2.32. The lowest BCUT2D eigenvalue weighted by molar-refractivity contribution is 0.0851. The van der Waals surface area contributed by atoms with Gasteiger partial charge in [-0.25, -0.2) is 0 Å². The SMILES string of the molecule is c1cc(CC[C@@H]2COc3ccccc3O2)cc(N2CCNCC2)c1. The van der Waals surface area contributed by atoms with Gasteiger partial charge in [-0.3, -0.25) is 0 Å². The van der Waals surface area contributed by atoms with E-state index in [1.807, 2.05) is 24.3 Å². The Labute approximate surface area is 143 Å². The summed E-state index contributed by atoms with van der Waals surface area (Å²) < 4.78 is 11.9. The first-order valence-electron chi connectivity index (χ1n) is 8.81. The third kappa shape index (κ3) is 3.49. The number of aryl methyl sites for hydroxylation is 1. The Morgan fingerprint density at radius 2 is 1.83 bits per heavy atom. The smallest absolute Gasteiger partial charge is 0.161 e. The molecule has 0 spiro atoms. The molecule has 0 amide bonds. The number of hydrogen-bond acceptors (Lipinski definition) is 4. The van der Waals surface area contributed by atoms with Crippen molar-refractivity contribution in [1.82, 2.24) is 5.32 Å². The summed E-state index contributed by atoms with van der Waals surface area (Å²) in [4.78, 5) is 2.45. The van der Waals surface area contributed by atoms with Crippen molar-refractivity contribution in [2.45, 2.75) is 18.9 Å². The number of piperazine rings is 1. The summed E-state index contributed by atoms with van der Waals surface area (Å²) in [6.07, 6.45) is 2.11. The maximum Gasteiger partial charge on any atom is 0.161 e. The molecule has 1 fully saturated rings. The molecule has 1 atom stereocenters. The fourth-order valence-electron chi connectivity index (χ4n) is 3.36. The molecule has 2 aromatic carbocycles. The zero-order valence-electron chi connectivity index (χ0n) is 13.9. The van der Waals surface area contributed by atoms with Crippen LogP contribution in [0.1, 0.15) is 12.0 Å². The van der Waals surface area contributed by atoms with E-state index < -0.39 is 0 Å². The standard InChI is InChI=1S/C20H24N2O2/c1-2-7-20-19(6-1)23-15-18(24-20)9-8-16-4-3-5-17(14-16)22-12-10-21-11-13-22/h1-7,14,18,21H,8-13,15H2/t18-/m1/s1. The van der Waals surface area contributed by atoms with Crippen molar-refractivity contribution in [3.05, 3.63) is 54.1 Å². The largest absolute Gasteiger partial charge is 0.486 e. The average Bonchev–Trinajstić information content (AvgIpc) is 2.67. The molecule has 0 saturated carbocycles. The van der Waals surface area contributed by atoms with Crippen molar-refractivity contribution in [2.24, 2.45) is 0 Å². The summed E-state index contributed by atoms with van der Waals surface area (Å²) in [7, 11) is 0. The number of nitrogens with zero attached hydrogens (tertiary/aromatic N) is 1. The highest BCUT2D eigenvalue weighted by atomic mass is 16.6. The topological polar surface area (TPSA) is 33.7 Å². The molecule has 2 aliphatic rings. The molecule has 2 aliphatic heterocycles. The van der Waals surface area contributed by atoms with E-state index in [9.17, 15) is 0 Å². The molecule has 4 nitrogen and oxygen atoms in total. The van der Waals surface area contributed by atoms with Gasteiger partial charge < -0.3 is 19.7 Å². The first-order chi connectivity index (χ1) is 11.9. The van der Waals surface area contributed by atoms with Crippen LogP contribution in [-0.2, 0) is 6.42 Å². The van der Waals surface area contributed by atoms with Crippen LogP contribution in [0.2, 0.25) is 0 Å².